The van der Waals surface area contributed by atoms with Gasteiger partial charge < -0.3 is 29.2 Å². The van der Waals surface area contributed by atoms with Gasteiger partial charge in [0.15, 0.2) is 17.3 Å². The fourth-order valence-corrected chi connectivity index (χ4v) is 2.96. The van der Waals surface area contributed by atoms with E-state index in [-0.39, 0.29) is 0 Å². The van der Waals surface area contributed by atoms with Crippen LogP contribution in [0.15, 0.2) is 30.6 Å². The number of rotatable bonds is 6. The van der Waals surface area contributed by atoms with Crippen LogP contribution in [0.4, 0.5) is 5.82 Å². The Bertz CT molecular complexity index is 737. The predicted molar refractivity (Wildman–Crippen MR) is 95.5 cm³/mol. The van der Waals surface area contributed by atoms with Crippen LogP contribution in [0.25, 0.3) is 0 Å². The molecule has 1 aromatic carbocycles. The number of aromatic nitrogens is 2. The van der Waals surface area contributed by atoms with Crippen LogP contribution < -0.4 is 29.2 Å². The molecule has 2 aliphatic heterocycles. The number of para-hydroxylation sites is 1. The summed E-state index contributed by atoms with van der Waals surface area (Å²) in [6.45, 7) is 5.46. The van der Waals surface area contributed by atoms with Crippen LogP contribution >= 0.6 is 0 Å². The van der Waals surface area contributed by atoms with Gasteiger partial charge in [0.05, 0.1) is 0 Å². The highest BCUT2D eigenvalue weighted by Crippen LogP contribution is 2.38. The number of hydrogen-bond acceptors (Lipinski definition) is 8. The van der Waals surface area contributed by atoms with Crippen molar-refractivity contribution in [2.24, 2.45) is 0 Å². The summed E-state index contributed by atoms with van der Waals surface area (Å²) in [6, 6.07) is 5.62. The molecule has 4 rings (SSSR count). The Kier molecular flexibility index (Phi) is 5.20. The van der Waals surface area contributed by atoms with Crippen molar-refractivity contribution >= 4 is 5.82 Å². The van der Waals surface area contributed by atoms with Crippen molar-refractivity contribution in [1.29, 1.82) is 0 Å². The van der Waals surface area contributed by atoms with E-state index in [1.54, 1.807) is 12.4 Å². The van der Waals surface area contributed by atoms with E-state index in [2.05, 4.69) is 20.2 Å². The number of nitrogens with zero attached hydrogens (tertiary/aromatic N) is 3. The summed E-state index contributed by atoms with van der Waals surface area (Å²) < 4.78 is 22.8. The van der Waals surface area contributed by atoms with Crippen molar-refractivity contribution < 1.29 is 18.9 Å². The van der Waals surface area contributed by atoms with Gasteiger partial charge in [0.25, 0.3) is 5.88 Å². The number of anilines is 1. The van der Waals surface area contributed by atoms with Crippen molar-refractivity contribution in [2.45, 2.75) is 0 Å². The Labute approximate surface area is 152 Å². The molecule has 0 saturated carbocycles. The minimum absolute atomic E-state index is 0.363. The molecule has 0 bridgehead atoms. The Morgan fingerprint density at radius 3 is 2.73 bits per heavy atom. The van der Waals surface area contributed by atoms with Gasteiger partial charge in [0.2, 0.25) is 5.75 Å². The maximum absolute atomic E-state index is 5.82. The van der Waals surface area contributed by atoms with Crippen molar-refractivity contribution in [2.75, 3.05) is 57.5 Å². The monoisotopic (exact) mass is 358 g/mol. The number of nitrogens with one attached hydrogen (secondary N) is 1. The van der Waals surface area contributed by atoms with Gasteiger partial charge in [-0.3, -0.25) is 0 Å². The molecule has 8 nitrogen and oxygen atoms in total. The standard InChI is InChI=1S/C18H22N4O4/c1-2-14-16(25-12-10-23-14)15(3-1)24-11-13-26-18-17(20-4-5-21-18)22-8-6-19-7-9-22/h1-5,19H,6-13H2. The molecular formula is C18H22N4O4. The lowest BCUT2D eigenvalue weighted by molar-refractivity contribution is 0.156. The summed E-state index contributed by atoms with van der Waals surface area (Å²) in [6.07, 6.45) is 3.33. The molecule has 1 N–H and O–H groups in total. The molecular weight excluding hydrogens is 336 g/mol. The van der Waals surface area contributed by atoms with E-state index in [9.17, 15) is 0 Å². The van der Waals surface area contributed by atoms with E-state index in [0.29, 0.717) is 49.6 Å². The van der Waals surface area contributed by atoms with Gasteiger partial charge in [0.1, 0.15) is 26.4 Å². The third kappa shape index (κ3) is 3.75. The summed E-state index contributed by atoms with van der Waals surface area (Å²) in [5.74, 6) is 3.34. The van der Waals surface area contributed by atoms with Crippen molar-refractivity contribution in [3.05, 3.63) is 30.6 Å². The minimum Gasteiger partial charge on any atom is -0.486 e. The smallest absolute Gasteiger partial charge is 0.257 e. The molecule has 0 atom stereocenters. The van der Waals surface area contributed by atoms with Gasteiger partial charge in [0, 0.05) is 38.6 Å². The second kappa shape index (κ2) is 8.09. The molecule has 0 unspecified atom stereocenters. The first-order chi connectivity index (χ1) is 12.9. The number of hydrogen-bond donors (Lipinski definition) is 1. The average molecular weight is 358 g/mol. The van der Waals surface area contributed by atoms with Gasteiger partial charge in [-0.1, -0.05) is 6.07 Å². The van der Waals surface area contributed by atoms with Crippen LogP contribution in [0, 0.1) is 0 Å². The van der Waals surface area contributed by atoms with Crippen LogP contribution in [-0.2, 0) is 0 Å². The Morgan fingerprint density at radius 2 is 1.81 bits per heavy atom. The Morgan fingerprint density at radius 1 is 1.00 bits per heavy atom. The summed E-state index contributed by atoms with van der Waals surface area (Å²) in [7, 11) is 0. The van der Waals surface area contributed by atoms with Crippen LogP contribution in [0.1, 0.15) is 0 Å². The number of benzene rings is 1. The molecule has 0 amide bonds. The molecule has 2 aliphatic rings. The number of fused-ring (bicyclic) bond motifs is 1. The summed E-state index contributed by atoms with van der Waals surface area (Å²) in [4.78, 5) is 10.9. The molecule has 3 heterocycles. The minimum atomic E-state index is 0.363. The zero-order chi connectivity index (χ0) is 17.6. The van der Waals surface area contributed by atoms with Gasteiger partial charge in [-0.2, -0.15) is 0 Å². The van der Waals surface area contributed by atoms with Crippen molar-refractivity contribution in [3.8, 4) is 23.1 Å². The van der Waals surface area contributed by atoms with Crippen LogP contribution in [0.3, 0.4) is 0 Å². The molecule has 138 valence electrons. The normalized spacial score (nSPS) is 16.2. The van der Waals surface area contributed by atoms with Gasteiger partial charge in [-0.25, -0.2) is 9.97 Å². The summed E-state index contributed by atoms with van der Waals surface area (Å²) in [5, 5.41) is 3.33. The van der Waals surface area contributed by atoms with Gasteiger partial charge >= 0.3 is 0 Å². The van der Waals surface area contributed by atoms with E-state index in [1.807, 2.05) is 18.2 Å². The summed E-state index contributed by atoms with van der Waals surface area (Å²) >= 11 is 0. The van der Waals surface area contributed by atoms with Gasteiger partial charge in [-0.15, -0.1) is 0 Å². The third-order valence-electron chi connectivity index (χ3n) is 4.17. The Balaban J connectivity index is 1.34. The van der Waals surface area contributed by atoms with Gasteiger partial charge in [-0.05, 0) is 12.1 Å². The maximum Gasteiger partial charge on any atom is 0.257 e. The molecule has 8 heteroatoms. The molecule has 0 radical (unpaired) electrons. The predicted octanol–water partition coefficient (Wildman–Crippen LogP) is 1.12. The number of ether oxygens (including phenoxy) is 4. The molecule has 2 aromatic rings. The maximum atomic E-state index is 5.82. The third-order valence-corrected chi connectivity index (χ3v) is 4.17. The second-order valence-corrected chi connectivity index (χ2v) is 5.90. The van der Waals surface area contributed by atoms with Crippen molar-refractivity contribution in [3.63, 3.8) is 0 Å². The van der Waals surface area contributed by atoms with Crippen LogP contribution in [0.5, 0.6) is 23.1 Å². The molecule has 1 aromatic heterocycles. The SMILES string of the molecule is c1cc(OCCOc2nccnc2N2CCNCC2)c2c(c1)OCCO2. The zero-order valence-electron chi connectivity index (χ0n) is 14.5. The lowest BCUT2D eigenvalue weighted by atomic mass is 10.3. The number of piperazine rings is 1. The van der Waals surface area contributed by atoms with E-state index in [0.717, 1.165) is 32.0 Å². The zero-order valence-corrected chi connectivity index (χ0v) is 14.5. The average Bonchev–Trinajstić information content (AvgIpc) is 2.72. The highest BCUT2D eigenvalue weighted by Gasteiger charge is 2.18. The topological polar surface area (TPSA) is 78.0 Å². The fraction of sp³-hybridized carbons (Fsp3) is 0.444. The van der Waals surface area contributed by atoms with Crippen molar-refractivity contribution in [1.82, 2.24) is 15.3 Å². The first-order valence-corrected chi connectivity index (χ1v) is 8.83. The molecule has 1 saturated heterocycles. The second-order valence-electron chi connectivity index (χ2n) is 5.90. The van der Waals surface area contributed by atoms with E-state index >= 15 is 0 Å². The Hall–Kier alpha value is -2.74. The quantitative estimate of drug-likeness (QED) is 0.770. The fourth-order valence-electron chi connectivity index (χ4n) is 2.96. The highest BCUT2D eigenvalue weighted by molar-refractivity contribution is 5.52. The molecule has 0 spiro atoms. The first kappa shape index (κ1) is 16.7. The van der Waals surface area contributed by atoms with Crippen LogP contribution in [-0.4, -0.2) is 62.6 Å². The van der Waals surface area contributed by atoms with E-state index in [1.165, 1.54) is 0 Å². The largest absolute Gasteiger partial charge is 0.486 e. The molecule has 1 fully saturated rings. The summed E-state index contributed by atoms with van der Waals surface area (Å²) in [5.41, 5.74) is 0. The first-order valence-electron chi connectivity index (χ1n) is 8.83. The molecule has 0 aliphatic carbocycles. The molecule has 26 heavy (non-hydrogen) atoms. The van der Waals surface area contributed by atoms with Crippen LogP contribution in [0.2, 0.25) is 0 Å². The van der Waals surface area contributed by atoms with E-state index < -0.39 is 0 Å². The lowest BCUT2D eigenvalue weighted by Crippen LogP contribution is -2.44. The highest BCUT2D eigenvalue weighted by atomic mass is 16.6. The lowest BCUT2D eigenvalue weighted by Gasteiger charge is -2.29. The van der Waals surface area contributed by atoms with E-state index in [4.69, 9.17) is 18.9 Å².